The Morgan fingerprint density at radius 3 is 2.46 bits per heavy atom. The molecule has 0 aliphatic carbocycles. The van der Waals surface area contributed by atoms with Gasteiger partial charge < -0.3 is 5.32 Å². The van der Waals surface area contributed by atoms with E-state index in [0.717, 1.165) is 19.3 Å². The van der Waals surface area contributed by atoms with Crippen molar-refractivity contribution in [2.75, 3.05) is 6.54 Å². The van der Waals surface area contributed by atoms with Crippen LogP contribution in [0.3, 0.4) is 0 Å². The molecule has 0 aromatic heterocycles. The van der Waals surface area contributed by atoms with Gasteiger partial charge in [-0.1, -0.05) is 23.3 Å². The third kappa shape index (κ3) is 8.86. The van der Waals surface area contributed by atoms with E-state index in [0.29, 0.717) is 6.54 Å². The number of carbonyl (C=O) groups excluding carboxylic acids is 1. The highest BCUT2D eigenvalue weighted by Gasteiger charge is 1.87. The highest BCUT2D eigenvalue weighted by molar-refractivity contribution is 5.46. The highest BCUT2D eigenvalue weighted by atomic mass is 16.1. The molecule has 0 heterocycles. The molecule has 0 aliphatic rings. The molecule has 74 valence electrons. The number of hydrogen-bond donors (Lipinski definition) is 1. The van der Waals surface area contributed by atoms with E-state index in [1.165, 1.54) is 11.1 Å². The van der Waals surface area contributed by atoms with Crippen LogP contribution in [0.5, 0.6) is 0 Å². The number of carbonyl (C=O) groups is 1. The van der Waals surface area contributed by atoms with Crippen LogP contribution in [0.15, 0.2) is 23.3 Å². The molecule has 0 saturated heterocycles. The fourth-order valence-electron chi connectivity index (χ4n) is 0.972. The number of rotatable bonds is 6. The van der Waals surface area contributed by atoms with E-state index < -0.39 is 0 Å². The Bertz CT molecular complexity index is 200. The maximum atomic E-state index is 9.94. The summed E-state index contributed by atoms with van der Waals surface area (Å²) in [6.45, 7) is 6.94. The molecule has 0 bridgehead atoms. The molecule has 0 spiro atoms. The summed E-state index contributed by atoms with van der Waals surface area (Å²) in [6, 6.07) is 0. The molecule has 0 rings (SSSR count). The zero-order valence-corrected chi connectivity index (χ0v) is 8.76. The van der Waals surface area contributed by atoms with Crippen molar-refractivity contribution in [3.8, 4) is 0 Å². The lowest BCUT2D eigenvalue weighted by Gasteiger charge is -1.98. The molecule has 0 radical (unpaired) electrons. The van der Waals surface area contributed by atoms with Crippen LogP contribution in [0.2, 0.25) is 0 Å². The van der Waals surface area contributed by atoms with E-state index in [1.54, 1.807) is 0 Å². The quantitative estimate of drug-likeness (QED) is 0.380. The van der Waals surface area contributed by atoms with Crippen molar-refractivity contribution in [2.24, 2.45) is 0 Å². The summed E-state index contributed by atoms with van der Waals surface area (Å²) < 4.78 is 0. The normalized spacial score (nSPS) is 10.8. The summed E-state index contributed by atoms with van der Waals surface area (Å²) in [7, 11) is 0. The Balaban J connectivity index is 3.60. The predicted molar refractivity (Wildman–Crippen MR) is 56.5 cm³/mol. The average Bonchev–Trinajstić information content (AvgIpc) is 2.04. The standard InChI is InChI=1S/C11H19NO/c1-10(2)5-4-6-11(3)7-8-12-9-13/h5,7,9H,4,6,8H2,1-3H3,(H,12,13)/b11-7+. The van der Waals surface area contributed by atoms with E-state index in [4.69, 9.17) is 0 Å². The van der Waals surface area contributed by atoms with Crippen LogP contribution >= 0.6 is 0 Å². The maximum Gasteiger partial charge on any atom is 0.207 e. The molecule has 0 atom stereocenters. The Morgan fingerprint density at radius 2 is 1.92 bits per heavy atom. The lowest BCUT2D eigenvalue weighted by atomic mass is 10.1. The van der Waals surface area contributed by atoms with E-state index in [1.807, 2.05) is 6.08 Å². The van der Waals surface area contributed by atoms with Crippen molar-refractivity contribution in [1.29, 1.82) is 0 Å². The van der Waals surface area contributed by atoms with E-state index >= 15 is 0 Å². The Kier molecular flexibility index (Phi) is 6.98. The first-order valence-electron chi connectivity index (χ1n) is 4.63. The first kappa shape index (κ1) is 11.9. The molecule has 0 aliphatic heterocycles. The van der Waals surface area contributed by atoms with Crippen molar-refractivity contribution in [3.05, 3.63) is 23.3 Å². The van der Waals surface area contributed by atoms with Gasteiger partial charge in [-0.15, -0.1) is 0 Å². The zero-order chi connectivity index (χ0) is 10.1. The van der Waals surface area contributed by atoms with Gasteiger partial charge >= 0.3 is 0 Å². The van der Waals surface area contributed by atoms with Gasteiger partial charge in [0.25, 0.3) is 0 Å². The Morgan fingerprint density at radius 1 is 1.23 bits per heavy atom. The van der Waals surface area contributed by atoms with Gasteiger partial charge in [0.1, 0.15) is 0 Å². The molecule has 0 unspecified atom stereocenters. The SMILES string of the molecule is CC(C)=CCC/C(C)=C/CNC=O. The second-order valence-corrected chi connectivity index (χ2v) is 3.40. The van der Waals surface area contributed by atoms with Crippen molar-refractivity contribution >= 4 is 6.41 Å². The fraction of sp³-hybridized carbons (Fsp3) is 0.545. The molecular formula is C11H19NO. The first-order chi connectivity index (χ1) is 6.16. The smallest absolute Gasteiger partial charge is 0.207 e. The van der Waals surface area contributed by atoms with Gasteiger partial charge in [-0.3, -0.25) is 4.79 Å². The van der Waals surface area contributed by atoms with Gasteiger partial charge in [-0.05, 0) is 33.6 Å². The van der Waals surface area contributed by atoms with Gasteiger partial charge in [0.15, 0.2) is 0 Å². The minimum atomic E-state index is 0.643. The summed E-state index contributed by atoms with van der Waals surface area (Å²) in [4.78, 5) is 9.94. The maximum absolute atomic E-state index is 9.94. The second kappa shape index (κ2) is 7.59. The lowest BCUT2D eigenvalue weighted by molar-refractivity contribution is -0.109. The zero-order valence-electron chi connectivity index (χ0n) is 8.76. The van der Waals surface area contributed by atoms with Crippen molar-refractivity contribution < 1.29 is 4.79 Å². The van der Waals surface area contributed by atoms with E-state index in [9.17, 15) is 4.79 Å². The van der Waals surface area contributed by atoms with Crippen LogP contribution in [-0.2, 0) is 4.79 Å². The number of hydrogen-bond acceptors (Lipinski definition) is 1. The van der Waals surface area contributed by atoms with Crippen molar-refractivity contribution in [2.45, 2.75) is 33.6 Å². The molecule has 1 N–H and O–H groups in total. The van der Waals surface area contributed by atoms with Crippen LogP contribution in [0.4, 0.5) is 0 Å². The van der Waals surface area contributed by atoms with Crippen LogP contribution < -0.4 is 5.32 Å². The third-order valence-electron chi connectivity index (χ3n) is 1.74. The molecular weight excluding hydrogens is 162 g/mol. The topological polar surface area (TPSA) is 29.1 Å². The van der Waals surface area contributed by atoms with Crippen LogP contribution in [0, 0.1) is 0 Å². The predicted octanol–water partition coefficient (Wildman–Crippen LogP) is 2.43. The van der Waals surface area contributed by atoms with Crippen LogP contribution in [0.25, 0.3) is 0 Å². The summed E-state index contributed by atoms with van der Waals surface area (Å²) in [6.07, 6.45) is 7.16. The molecule has 0 saturated carbocycles. The molecule has 2 nitrogen and oxygen atoms in total. The van der Waals surface area contributed by atoms with Crippen molar-refractivity contribution in [3.63, 3.8) is 0 Å². The van der Waals surface area contributed by atoms with Gasteiger partial charge in [0.2, 0.25) is 6.41 Å². The molecule has 1 amide bonds. The number of nitrogens with one attached hydrogen (secondary N) is 1. The van der Waals surface area contributed by atoms with Crippen LogP contribution in [-0.4, -0.2) is 13.0 Å². The minimum Gasteiger partial charge on any atom is -0.355 e. The third-order valence-corrected chi connectivity index (χ3v) is 1.74. The molecule has 0 aromatic carbocycles. The van der Waals surface area contributed by atoms with Crippen molar-refractivity contribution in [1.82, 2.24) is 5.32 Å². The van der Waals surface area contributed by atoms with Gasteiger partial charge in [-0.25, -0.2) is 0 Å². The molecule has 0 fully saturated rings. The highest BCUT2D eigenvalue weighted by Crippen LogP contribution is 2.05. The van der Waals surface area contributed by atoms with Crippen LogP contribution in [0.1, 0.15) is 33.6 Å². The van der Waals surface area contributed by atoms with E-state index in [-0.39, 0.29) is 0 Å². The first-order valence-corrected chi connectivity index (χ1v) is 4.63. The average molecular weight is 181 g/mol. The van der Waals surface area contributed by atoms with E-state index in [2.05, 4.69) is 32.2 Å². The molecule has 2 heteroatoms. The number of amides is 1. The van der Waals surface area contributed by atoms with Gasteiger partial charge in [0, 0.05) is 6.54 Å². The summed E-state index contributed by atoms with van der Waals surface area (Å²) >= 11 is 0. The second-order valence-electron chi connectivity index (χ2n) is 3.40. The minimum absolute atomic E-state index is 0.643. The summed E-state index contributed by atoms with van der Waals surface area (Å²) in [5, 5.41) is 2.61. The Hall–Kier alpha value is -1.05. The monoisotopic (exact) mass is 181 g/mol. The van der Waals surface area contributed by atoms with Gasteiger partial charge in [-0.2, -0.15) is 0 Å². The number of allylic oxidation sites excluding steroid dienone is 3. The summed E-state index contributed by atoms with van der Waals surface area (Å²) in [5.74, 6) is 0. The lowest BCUT2D eigenvalue weighted by Crippen LogP contribution is -2.09. The summed E-state index contributed by atoms with van der Waals surface area (Å²) in [5.41, 5.74) is 2.69. The molecule has 0 aromatic rings. The molecule has 13 heavy (non-hydrogen) atoms. The fourth-order valence-corrected chi connectivity index (χ4v) is 0.972. The van der Waals surface area contributed by atoms with Gasteiger partial charge in [0.05, 0.1) is 0 Å². The Labute approximate surface area is 80.7 Å². The largest absolute Gasteiger partial charge is 0.355 e.